The van der Waals surface area contributed by atoms with E-state index >= 15 is 0 Å². The van der Waals surface area contributed by atoms with E-state index < -0.39 is 5.97 Å². The van der Waals surface area contributed by atoms with Crippen LogP contribution in [0.25, 0.3) is 17.3 Å². The van der Waals surface area contributed by atoms with Crippen molar-refractivity contribution in [3.63, 3.8) is 0 Å². The first-order valence-electron chi connectivity index (χ1n) is 7.54. The molecule has 2 heterocycles. The van der Waals surface area contributed by atoms with Crippen molar-refractivity contribution in [3.05, 3.63) is 77.8 Å². The molecule has 3 aromatic rings. The maximum atomic E-state index is 11.2. The van der Waals surface area contributed by atoms with E-state index in [9.17, 15) is 4.79 Å². The molecule has 0 atom stereocenters. The Morgan fingerprint density at radius 1 is 1.24 bits per heavy atom. The molecule has 0 bridgehead atoms. The van der Waals surface area contributed by atoms with Gasteiger partial charge in [0, 0.05) is 29.7 Å². The summed E-state index contributed by atoms with van der Waals surface area (Å²) in [5.41, 5.74) is 2.62. The van der Waals surface area contributed by atoms with Gasteiger partial charge in [0.1, 0.15) is 17.3 Å². The molecule has 3 rings (SSSR count). The van der Waals surface area contributed by atoms with Gasteiger partial charge in [-0.05, 0) is 23.8 Å². The summed E-state index contributed by atoms with van der Waals surface area (Å²) in [6.45, 7) is 0.539. The van der Waals surface area contributed by atoms with Crippen LogP contribution in [-0.2, 0) is 11.3 Å². The van der Waals surface area contributed by atoms with Crippen LogP contribution in [0.1, 0.15) is 11.1 Å². The summed E-state index contributed by atoms with van der Waals surface area (Å²) in [5.74, 6) is -1.27. The smallest absolute Gasteiger partial charge is 0.346 e. The molecule has 0 saturated heterocycles. The molecule has 25 heavy (non-hydrogen) atoms. The molecule has 122 valence electrons. The molecular formula is C19H14N4O2. The maximum absolute atomic E-state index is 11.2. The summed E-state index contributed by atoms with van der Waals surface area (Å²) in [6.07, 6.45) is 6.37. The second-order valence-corrected chi connectivity index (χ2v) is 5.33. The molecule has 0 unspecified atom stereocenters. The lowest BCUT2D eigenvalue weighted by atomic mass is 10.1. The van der Waals surface area contributed by atoms with Crippen molar-refractivity contribution in [2.75, 3.05) is 0 Å². The van der Waals surface area contributed by atoms with E-state index in [1.807, 2.05) is 36.4 Å². The quantitative estimate of drug-likeness (QED) is 0.573. The summed E-state index contributed by atoms with van der Waals surface area (Å²) in [5, 5.41) is 22.7. The highest BCUT2D eigenvalue weighted by atomic mass is 16.4. The Kier molecular flexibility index (Phi) is 4.67. The zero-order chi connectivity index (χ0) is 17.6. The summed E-state index contributed by atoms with van der Waals surface area (Å²) in [4.78, 5) is 15.2. The number of carbonyl (C=O) groups is 1. The Bertz CT molecular complexity index is 954. The third-order valence-electron chi connectivity index (χ3n) is 3.56. The summed E-state index contributed by atoms with van der Waals surface area (Å²) in [6, 6.07) is 15.1. The molecule has 6 heteroatoms. The number of aliphatic carboxylic acids is 1. The largest absolute Gasteiger partial charge is 0.477 e. The molecule has 0 aliphatic heterocycles. The summed E-state index contributed by atoms with van der Waals surface area (Å²) < 4.78 is 1.72. The van der Waals surface area contributed by atoms with Crippen molar-refractivity contribution in [3.8, 4) is 17.3 Å². The van der Waals surface area contributed by atoms with Crippen molar-refractivity contribution in [1.82, 2.24) is 14.8 Å². The van der Waals surface area contributed by atoms with Crippen LogP contribution in [-0.4, -0.2) is 25.8 Å². The normalized spacial score (nSPS) is 11.1. The SMILES string of the molecule is N#CC(=Cc1cn(Cc2ccccc2)nc1-c1cccnc1)C(=O)O. The highest BCUT2D eigenvalue weighted by molar-refractivity contribution is 5.97. The van der Waals surface area contributed by atoms with Gasteiger partial charge in [0.15, 0.2) is 0 Å². The first kappa shape index (κ1) is 16.1. The predicted octanol–water partition coefficient (Wildman–Crippen LogP) is 2.98. The molecule has 2 aromatic heterocycles. The Balaban J connectivity index is 2.06. The second kappa shape index (κ2) is 7.23. The number of carboxylic acids is 1. The fourth-order valence-electron chi connectivity index (χ4n) is 2.42. The Labute approximate surface area is 144 Å². The van der Waals surface area contributed by atoms with Gasteiger partial charge in [-0.1, -0.05) is 30.3 Å². The first-order valence-corrected chi connectivity index (χ1v) is 7.54. The van der Waals surface area contributed by atoms with E-state index in [1.165, 1.54) is 6.08 Å². The van der Waals surface area contributed by atoms with Crippen LogP contribution in [0.15, 0.2) is 66.6 Å². The third kappa shape index (κ3) is 3.79. The molecule has 0 aliphatic rings. The Morgan fingerprint density at radius 3 is 2.68 bits per heavy atom. The van der Waals surface area contributed by atoms with E-state index in [0.29, 0.717) is 17.8 Å². The van der Waals surface area contributed by atoms with E-state index in [0.717, 1.165) is 11.1 Å². The van der Waals surface area contributed by atoms with Gasteiger partial charge in [0.25, 0.3) is 0 Å². The molecule has 0 aliphatic carbocycles. The first-order chi connectivity index (χ1) is 12.2. The van der Waals surface area contributed by atoms with Gasteiger partial charge in [-0.15, -0.1) is 0 Å². The van der Waals surface area contributed by atoms with E-state index in [1.54, 1.807) is 35.4 Å². The van der Waals surface area contributed by atoms with Crippen molar-refractivity contribution in [1.29, 1.82) is 5.26 Å². The van der Waals surface area contributed by atoms with Crippen molar-refractivity contribution in [2.45, 2.75) is 6.54 Å². The zero-order valence-electron chi connectivity index (χ0n) is 13.2. The minimum absolute atomic E-state index is 0.343. The molecule has 1 aromatic carbocycles. The van der Waals surface area contributed by atoms with Crippen molar-refractivity contribution in [2.24, 2.45) is 0 Å². The minimum Gasteiger partial charge on any atom is -0.477 e. The summed E-state index contributed by atoms with van der Waals surface area (Å²) in [7, 11) is 0. The van der Waals surface area contributed by atoms with E-state index in [2.05, 4.69) is 10.1 Å². The lowest BCUT2D eigenvalue weighted by molar-refractivity contribution is -0.132. The number of benzene rings is 1. The van der Waals surface area contributed by atoms with Gasteiger partial charge in [-0.25, -0.2) is 4.79 Å². The summed E-state index contributed by atoms with van der Waals surface area (Å²) >= 11 is 0. The number of pyridine rings is 1. The highest BCUT2D eigenvalue weighted by Crippen LogP contribution is 2.24. The van der Waals surface area contributed by atoms with E-state index in [4.69, 9.17) is 10.4 Å². The number of aromatic nitrogens is 3. The topological polar surface area (TPSA) is 91.8 Å². The third-order valence-corrected chi connectivity index (χ3v) is 3.56. The molecule has 0 fully saturated rings. The molecule has 6 nitrogen and oxygen atoms in total. The lowest BCUT2D eigenvalue weighted by Gasteiger charge is -2.01. The number of rotatable bonds is 5. The minimum atomic E-state index is -1.27. The number of nitriles is 1. The van der Waals surface area contributed by atoms with Crippen LogP contribution >= 0.6 is 0 Å². The van der Waals surface area contributed by atoms with Crippen molar-refractivity contribution < 1.29 is 9.90 Å². The van der Waals surface area contributed by atoms with Gasteiger partial charge >= 0.3 is 5.97 Å². The van der Waals surface area contributed by atoms with Gasteiger partial charge in [0.2, 0.25) is 0 Å². The fraction of sp³-hybridized carbons (Fsp3) is 0.0526. The van der Waals surface area contributed by atoms with Crippen LogP contribution in [0.3, 0.4) is 0 Å². The number of carboxylic acid groups (broad SMARTS) is 1. The van der Waals surface area contributed by atoms with Gasteiger partial charge in [0.05, 0.1) is 6.54 Å². The Hall–Kier alpha value is -3.72. The molecule has 0 spiro atoms. The highest BCUT2D eigenvalue weighted by Gasteiger charge is 2.13. The van der Waals surface area contributed by atoms with Crippen LogP contribution in [0, 0.1) is 11.3 Å². The molecule has 0 radical (unpaired) electrons. The van der Waals surface area contributed by atoms with Gasteiger partial charge in [-0.2, -0.15) is 10.4 Å². The predicted molar refractivity (Wildman–Crippen MR) is 92.2 cm³/mol. The number of hydrogen-bond acceptors (Lipinski definition) is 4. The monoisotopic (exact) mass is 330 g/mol. The molecule has 1 N–H and O–H groups in total. The average Bonchev–Trinajstić information content (AvgIpc) is 3.03. The van der Waals surface area contributed by atoms with Crippen LogP contribution in [0.4, 0.5) is 0 Å². The molecule has 0 saturated carbocycles. The standard InChI is InChI=1S/C19H14N4O2/c20-10-16(19(24)25)9-17-13-23(12-14-5-2-1-3-6-14)22-18(17)15-7-4-8-21-11-15/h1-9,11,13H,12H2,(H,24,25). The van der Waals surface area contributed by atoms with Crippen LogP contribution < -0.4 is 0 Å². The van der Waals surface area contributed by atoms with E-state index in [-0.39, 0.29) is 5.57 Å². The van der Waals surface area contributed by atoms with Crippen LogP contribution in [0.5, 0.6) is 0 Å². The maximum Gasteiger partial charge on any atom is 0.346 e. The number of hydrogen-bond donors (Lipinski definition) is 1. The molecular weight excluding hydrogens is 316 g/mol. The zero-order valence-corrected chi connectivity index (χ0v) is 13.2. The lowest BCUT2D eigenvalue weighted by Crippen LogP contribution is -2.00. The van der Waals surface area contributed by atoms with Crippen molar-refractivity contribution >= 4 is 12.0 Å². The van der Waals surface area contributed by atoms with Gasteiger partial charge < -0.3 is 5.11 Å². The molecule has 0 amide bonds. The Morgan fingerprint density at radius 2 is 2.04 bits per heavy atom. The average molecular weight is 330 g/mol. The second-order valence-electron chi connectivity index (χ2n) is 5.33. The number of nitrogens with zero attached hydrogens (tertiary/aromatic N) is 4. The van der Waals surface area contributed by atoms with Crippen LogP contribution in [0.2, 0.25) is 0 Å². The fourth-order valence-corrected chi connectivity index (χ4v) is 2.42. The van der Waals surface area contributed by atoms with Gasteiger partial charge in [-0.3, -0.25) is 9.67 Å².